The summed E-state index contributed by atoms with van der Waals surface area (Å²) in [7, 11) is 0. The van der Waals surface area contributed by atoms with Gasteiger partial charge in [0.05, 0.1) is 5.41 Å². The second kappa shape index (κ2) is 5.70. The minimum absolute atomic E-state index is 0.199. The lowest BCUT2D eigenvalue weighted by Gasteiger charge is -2.34. The van der Waals surface area contributed by atoms with Crippen LogP contribution in [-0.4, -0.2) is 34.9 Å². The molecule has 104 valence electrons. The lowest BCUT2D eigenvalue weighted by Crippen LogP contribution is -2.46. The van der Waals surface area contributed by atoms with Crippen LogP contribution in [0.15, 0.2) is 24.5 Å². The summed E-state index contributed by atoms with van der Waals surface area (Å²) < 4.78 is 0. The van der Waals surface area contributed by atoms with Crippen LogP contribution in [0.4, 0.5) is 0 Å². The third kappa shape index (κ3) is 3.13. The smallest absolute Gasteiger partial charge is 0.230 e. The van der Waals surface area contributed by atoms with Crippen LogP contribution in [0, 0.1) is 5.41 Å². The van der Waals surface area contributed by atoms with E-state index in [0.29, 0.717) is 6.54 Å². The van der Waals surface area contributed by atoms with Crippen molar-refractivity contribution in [2.24, 2.45) is 5.41 Å². The molecule has 4 heteroatoms. The number of carbonyl (C=O) groups is 1. The number of hydrogen-bond donors (Lipinski definition) is 1. The third-order valence-electron chi connectivity index (χ3n) is 3.84. The van der Waals surface area contributed by atoms with Gasteiger partial charge in [0.2, 0.25) is 5.91 Å². The highest BCUT2D eigenvalue weighted by Gasteiger charge is 2.39. The number of rotatable bonds is 4. The van der Waals surface area contributed by atoms with Gasteiger partial charge >= 0.3 is 0 Å². The van der Waals surface area contributed by atoms with Gasteiger partial charge in [-0.1, -0.05) is 6.07 Å². The second-order valence-electron chi connectivity index (χ2n) is 5.88. The SMILES string of the molecule is CC(C)N(Cc1cccnc1)C(=O)C1(C)CCNC1. The minimum Gasteiger partial charge on any atom is -0.335 e. The summed E-state index contributed by atoms with van der Waals surface area (Å²) >= 11 is 0. The zero-order valence-corrected chi connectivity index (χ0v) is 12.0. The van der Waals surface area contributed by atoms with E-state index in [4.69, 9.17) is 0 Å². The van der Waals surface area contributed by atoms with Crippen molar-refractivity contribution < 1.29 is 4.79 Å². The van der Waals surface area contributed by atoms with Gasteiger partial charge in [-0.05, 0) is 45.4 Å². The summed E-state index contributed by atoms with van der Waals surface area (Å²) in [6.45, 7) is 8.55. The second-order valence-corrected chi connectivity index (χ2v) is 5.88. The first-order valence-electron chi connectivity index (χ1n) is 6.94. The van der Waals surface area contributed by atoms with Crippen molar-refractivity contribution in [1.29, 1.82) is 0 Å². The van der Waals surface area contributed by atoms with Crippen LogP contribution in [0.5, 0.6) is 0 Å². The minimum atomic E-state index is -0.257. The molecule has 2 heterocycles. The molecule has 4 nitrogen and oxygen atoms in total. The molecule has 19 heavy (non-hydrogen) atoms. The summed E-state index contributed by atoms with van der Waals surface area (Å²) in [5.74, 6) is 0.247. The zero-order valence-electron chi connectivity index (χ0n) is 12.0. The van der Waals surface area contributed by atoms with Gasteiger partial charge in [0.25, 0.3) is 0 Å². The topological polar surface area (TPSA) is 45.2 Å². The maximum Gasteiger partial charge on any atom is 0.230 e. The first-order valence-corrected chi connectivity index (χ1v) is 6.94. The summed E-state index contributed by atoms with van der Waals surface area (Å²) in [5, 5.41) is 3.29. The standard InChI is InChI=1S/C15H23N3O/c1-12(2)18(10-13-5-4-7-16-9-13)14(19)15(3)6-8-17-11-15/h4-5,7,9,12,17H,6,8,10-11H2,1-3H3. The van der Waals surface area contributed by atoms with Gasteiger partial charge in [-0.25, -0.2) is 0 Å². The van der Waals surface area contributed by atoms with Crippen LogP contribution >= 0.6 is 0 Å². The summed E-state index contributed by atoms with van der Waals surface area (Å²) in [6.07, 6.45) is 4.51. The number of carbonyl (C=O) groups excluding carboxylic acids is 1. The molecular weight excluding hydrogens is 238 g/mol. The zero-order chi connectivity index (χ0) is 13.9. The lowest BCUT2D eigenvalue weighted by molar-refractivity contribution is -0.142. The number of nitrogens with one attached hydrogen (secondary N) is 1. The number of hydrogen-bond acceptors (Lipinski definition) is 3. The van der Waals surface area contributed by atoms with Gasteiger partial charge in [0, 0.05) is 31.5 Å². The molecule has 1 fully saturated rings. The van der Waals surface area contributed by atoms with Crippen LogP contribution in [0.25, 0.3) is 0 Å². The fourth-order valence-corrected chi connectivity index (χ4v) is 2.52. The van der Waals surface area contributed by atoms with Crippen LogP contribution < -0.4 is 5.32 Å². The molecule has 0 aromatic carbocycles. The molecule has 1 amide bonds. The number of nitrogens with zero attached hydrogens (tertiary/aromatic N) is 2. The first kappa shape index (κ1) is 14.0. The molecule has 1 unspecified atom stereocenters. The number of aromatic nitrogens is 1. The van der Waals surface area contributed by atoms with Crippen molar-refractivity contribution in [3.8, 4) is 0 Å². The summed E-state index contributed by atoms with van der Waals surface area (Å²) in [5.41, 5.74) is 0.825. The largest absolute Gasteiger partial charge is 0.335 e. The average Bonchev–Trinajstić information content (AvgIpc) is 2.84. The number of pyridine rings is 1. The lowest BCUT2D eigenvalue weighted by atomic mass is 9.87. The van der Waals surface area contributed by atoms with Gasteiger partial charge in [-0.2, -0.15) is 0 Å². The van der Waals surface area contributed by atoms with E-state index in [1.807, 2.05) is 23.2 Å². The Balaban J connectivity index is 2.14. The van der Waals surface area contributed by atoms with E-state index in [1.54, 1.807) is 6.20 Å². The molecule has 1 aromatic rings. The van der Waals surface area contributed by atoms with Crippen LogP contribution in [0.2, 0.25) is 0 Å². The molecule has 0 saturated carbocycles. The van der Waals surface area contributed by atoms with E-state index in [1.165, 1.54) is 0 Å². The fourth-order valence-electron chi connectivity index (χ4n) is 2.52. The average molecular weight is 261 g/mol. The molecule has 1 saturated heterocycles. The van der Waals surface area contributed by atoms with Crippen molar-refractivity contribution in [3.63, 3.8) is 0 Å². The van der Waals surface area contributed by atoms with E-state index in [2.05, 4.69) is 31.1 Å². The predicted octanol–water partition coefficient (Wildman–Crippen LogP) is 1.82. The van der Waals surface area contributed by atoms with Crippen molar-refractivity contribution >= 4 is 5.91 Å². The van der Waals surface area contributed by atoms with E-state index in [9.17, 15) is 4.79 Å². The quantitative estimate of drug-likeness (QED) is 0.899. The predicted molar refractivity (Wildman–Crippen MR) is 75.5 cm³/mol. The normalized spacial score (nSPS) is 22.7. The Bertz CT molecular complexity index is 424. The Hall–Kier alpha value is -1.42. The third-order valence-corrected chi connectivity index (χ3v) is 3.84. The monoisotopic (exact) mass is 261 g/mol. The highest BCUT2D eigenvalue weighted by Crippen LogP contribution is 2.28. The van der Waals surface area contributed by atoms with Gasteiger partial charge in [0.1, 0.15) is 0 Å². The molecule has 2 rings (SSSR count). The van der Waals surface area contributed by atoms with Crippen LogP contribution in [0.1, 0.15) is 32.8 Å². The maximum absolute atomic E-state index is 12.8. The van der Waals surface area contributed by atoms with Gasteiger partial charge < -0.3 is 10.2 Å². The molecule has 1 aliphatic heterocycles. The van der Waals surface area contributed by atoms with Crippen molar-refractivity contribution in [3.05, 3.63) is 30.1 Å². The van der Waals surface area contributed by atoms with Gasteiger partial charge in [0.15, 0.2) is 0 Å². The van der Waals surface area contributed by atoms with Crippen LogP contribution in [-0.2, 0) is 11.3 Å². The molecule has 1 aromatic heterocycles. The Kier molecular flexibility index (Phi) is 4.20. The Morgan fingerprint density at radius 3 is 2.89 bits per heavy atom. The molecule has 1 aliphatic rings. The van der Waals surface area contributed by atoms with Crippen molar-refractivity contribution in [1.82, 2.24) is 15.2 Å². The molecule has 0 bridgehead atoms. The van der Waals surface area contributed by atoms with Crippen molar-refractivity contribution in [2.75, 3.05) is 13.1 Å². The molecular formula is C15H23N3O. The van der Waals surface area contributed by atoms with Gasteiger partial charge in [-0.15, -0.1) is 0 Å². The fraction of sp³-hybridized carbons (Fsp3) is 0.600. The molecule has 0 radical (unpaired) electrons. The van der Waals surface area contributed by atoms with E-state index in [-0.39, 0.29) is 17.4 Å². The van der Waals surface area contributed by atoms with E-state index < -0.39 is 0 Å². The van der Waals surface area contributed by atoms with E-state index >= 15 is 0 Å². The molecule has 0 spiro atoms. The summed E-state index contributed by atoms with van der Waals surface area (Å²) in [4.78, 5) is 18.9. The molecule has 0 aliphatic carbocycles. The van der Waals surface area contributed by atoms with Crippen molar-refractivity contribution in [2.45, 2.75) is 39.8 Å². The van der Waals surface area contributed by atoms with Gasteiger partial charge in [-0.3, -0.25) is 9.78 Å². The Labute approximate surface area is 115 Å². The highest BCUT2D eigenvalue weighted by atomic mass is 16.2. The summed E-state index contributed by atoms with van der Waals surface area (Å²) in [6, 6.07) is 4.13. The molecule has 1 atom stereocenters. The highest BCUT2D eigenvalue weighted by molar-refractivity contribution is 5.83. The Morgan fingerprint density at radius 1 is 1.58 bits per heavy atom. The van der Waals surface area contributed by atoms with E-state index in [0.717, 1.165) is 25.1 Å². The first-order chi connectivity index (χ1) is 9.03. The number of amides is 1. The maximum atomic E-state index is 12.8. The molecule has 1 N–H and O–H groups in total. The Morgan fingerprint density at radius 2 is 2.37 bits per heavy atom. The van der Waals surface area contributed by atoms with Crippen LogP contribution in [0.3, 0.4) is 0 Å².